The number of esters is 1. The van der Waals surface area contributed by atoms with Gasteiger partial charge in [0.2, 0.25) is 0 Å². The molecule has 3 rings (SSSR count). The average molecular weight is 398 g/mol. The summed E-state index contributed by atoms with van der Waals surface area (Å²) in [6.45, 7) is 3.85. The Hall–Kier alpha value is -3.06. The highest BCUT2D eigenvalue weighted by molar-refractivity contribution is 7.13. The first-order chi connectivity index (χ1) is 13.5. The number of ether oxygens (including phenoxy) is 1. The number of benzene rings is 2. The Balaban J connectivity index is 1.68. The molecule has 0 aliphatic carbocycles. The van der Waals surface area contributed by atoms with E-state index in [0.717, 1.165) is 5.69 Å². The lowest BCUT2D eigenvalue weighted by molar-refractivity contribution is -0.126. The molecule has 0 saturated heterocycles. The number of para-hydroxylation sites is 1. The average Bonchev–Trinajstić information content (AvgIpc) is 3.20. The lowest BCUT2D eigenvalue weighted by Crippen LogP contribution is -2.40. The summed E-state index contributed by atoms with van der Waals surface area (Å²) in [6.07, 6.45) is -0.955. The zero-order chi connectivity index (χ0) is 20.1. The van der Waals surface area contributed by atoms with E-state index >= 15 is 0 Å². The van der Waals surface area contributed by atoms with E-state index in [1.807, 2.05) is 37.3 Å². The van der Waals surface area contributed by atoms with E-state index < -0.39 is 12.1 Å². The number of rotatable bonds is 6. The van der Waals surface area contributed by atoms with Crippen LogP contribution in [0.25, 0.3) is 10.6 Å². The standard InChI is InChI=1S/C21H19FN2O3S/c1-3-24(17-7-5-4-6-8-17)20(25)14(2)27-21(26)18-13-28-19(23-18)15-9-11-16(22)12-10-15/h4-14H,3H2,1-2H3/t14-/m0/s1. The van der Waals surface area contributed by atoms with Crippen molar-refractivity contribution in [3.05, 3.63) is 71.5 Å². The summed E-state index contributed by atoms with van der Waals surface area (Å²) in [4.78, 5) is 30.9. The number of nitrogens with zero attached hydrogens (tertiary/aromatic N) is 2. The van der Waals surface area contributed by atoms with Gasteiger partial charge in [0, 0.05) is 23.2 Å². The van der Waals surface area contributed by atoms with Crippen LogP contribution in [-0.2, 0) is 9.53 Å². The Morgan fingerprint density at radius 1 is 1.14 bits per heavy atom. The van der Waals surface area contributed by atoms with Gasteiger partial charge in [0.1, 0.15) is 10.8 Å². The van der Waals surface area contributed by atoms with Gasteiger partial charge < -0.3 is 9.64 Å². The van der Waals surface area contributed by atoms with Crippen LogP contribution in [0, 0.1) is 5.82 Å². The van der Waals surface area contributed by atoms with Crippen molar-refractivity contribution < 1.29 is 18.7 Å². The molecule has 0 N–H and O–H groups in total. The first kappa shape index (κ1) is 19.7. The van der Waals surface area contributed by atoms with Gasteiger partial charge in [-0.05, 0) is 50.2 Å². The van der Waals surface area contributed by atoms with Crippen LogP contribution < -0.4 is 4.90 Å². The van der Waals surface area contributed by atoms with Gasteiger partial charge in [-0.2, -0.15) is 0 Å². The molecule has 144 valence electrons. The molecule has 5 nitrogen and oxygen atoms in total. The summed E-state index contributed by atoms with van der Waals surface area (Å²) in [5.74, 6) is -1.32. The fourth-order valence-corrected chi connectivity index (χ4v) is 3.45. The Kier molecular flexibility index (Phi) is 6.16. The molecule has 0 fully saturated rings. The minimum absolute atomic E-state index is 0.117. The molecular weight excluding hydrogens is 379 g/mol. The van der Waals surface area contributed by atoms with Gasteiger partial charge in [0.25, 0.3) is 5.91 Å². The third-order valence-electron chi connectivity index (χ3n) is 4.09. The van der Waals surface area contributed by atoms with Crippen molar-refractivity contribution in [3.63, 3.8) is 0 Å². The number of carbonyl (C=O) groups excluding carboxylic acids is 2. The molecule has 0 radical (unpaired) electrons. The summed E-state index contributed by atoms with van der Waals surface area (Å²) in [5.41, 5.74) is 1.56. The van der Waals surface area contributed by atoms with Crippen molar-refractivity contribution in [2.75, 3.05) is 11.4 Å². The highest BCUT2D eigenvalue weighted by Crippen LogP contribution is 2.24. The lowest BCUT2D eigenvalue weighted by atomic mass is 10.2. The van der Waals surface area contributed by atoms with Gasteiger partial charge in [-0.15, -0.1) is 11.3 Å². The second kappa shape index (κ2) is 8.75. The van der Waals surface area contributed by atoms with Gasteiger partial charge in [0.05, 0.1) is 0 Å². The van der Waals surface area contributed by atoms with Gasteiger partial charge in [-0.1, -0.05) is 18.2 Å². The summed E-state index contributed by atoms with van der Waals surface area (Å²) >= 11 is 1.25. The summed E-state index contributed by atoms with van der Waals surface area (Å²) < 4.78 is 18.4. The molecule has 0 spiro atoms. The summed E-state index contributed by atoms with van der Waals surface area (Å²) in [7, 11) is 0. The number of anilines is 1. The fraction of sp³-hybridized carbons (Fsp3) is 0.190. The molecule has 0 aliphatic rings. The van der Waals surface area contributed by atoms with Crippen molar-refractivity contribution in [3.8, 4) is 10.6 Å². The van der Waals surface area contributed by atoms with Crippen LogP contribution in [0.5, 0.6) is 0 Å². The van der Waals surface area contributed by atoms with Crippen molar-refractivity contribution in [2.45, 2.75) is 20.0 Å². The molecule has 3 aromatic rings. The molecular formula is C21H19FN2O3S. The normalized spacial score (nSPS) is 11.7. The maximum absolute atomic E-state index is 13.0. The quantitative estimate of drug-likeness (QED) is 0.572. The molecule has 28 heavy (non-hydrogen) atoms. The summed E-state index contributed by atoms with van der Waals surface area (Å²) in [5, 5.41) is 2.14. The third-order valence-corrected chi connectivity index (χ3v) is 4.98. The first-order valence-corrected chi connectivity index (χ1v) is 9.66. The second-order valence-electron chi connectivity index (χ2n) is 6.01. The minimum atomic E-state index is -0.955. The molecule has 1 amide bonds. The van der Waals surface area contributed by atoms with Crippen molar-refractivity contribution in [2.24, 2.45) is 0 Å². The highest BCUT2D eigenvalue weighted by atomic mass is 32.1. The van der Waals surface area contributed by atoms with Crippen LogP contribution in [0.2, 0.25) is 0 Å². The number of carbonyl (C=O) groups is 2. The summed E-state index contributed by atoms with van der Waals surface area (Å²) in [6, 6.07) is 15.0. The first-order valence-electron chi connectivity index (χ1n) is 8.78. The van der Waals surface area contributed by atoms with E-state index in [-0.39, 0.29) is 17.4 Å². The molecule has 0 saturated carbocycles. The maximum Gasteiger partial charge on any atom is 0.358 e. The maximum atomic E-state index is 13.0. The van der Waals surface area contributed by atoms with E-state index in [2.05, 4.69) is 4.98 Å². The zero-order valence-electron chi connectivity index (χ0n) is 15.5. The number of aromatic nitrogens is 1. The van der Waals surface area contributed by atoms with E-state index in [4.69, 9.17) is 4.74 Å². The Bertz CT molecular complexity index is 957. The Morgan fingerprint density at radius 2 is 1.82 bits per heavy atom. The molecule has 1 atom stereocenters. The van der Waals surface area contributed by atoms with Gasteiger partial charge >= 0.3 is 5.97 Å². The van der Waals surface area contributed by atoms with E-state index in [1.165, 1.54) is 23.5 Å². The Morgan fingerprint density at radius 3 is 2.46 bits per heavy atom. The number of hydrogen-bond acceptors (Lipinski definition) is 5. The Labute approximate surface area is 166 Å². The van der Waals surface area contributed by atoms with Crippen LogP contribution >= 0.6 is 11.3 Å². The highest BCUT2D eigenvalue weighted by Gasteiger charge is 2.25. The number of likely N-dealkylation sites (N-methyl/N-ethyl adjacent to an activating group) is 1. The zero-order valence-corrected chi connectivity index (χ0v) is 16.3. The molecule has 1 heterocycles. The van der Waals surface area contributed by atoms with Gasteiger partial charge in [0.15, 0.2) is 11.8 Å². The SMILES string of the molecule is CCN(C(=O)[C@H](C)OC(=O)c1csc(-c2ccc(F)cc2)n1)c1ccccc1. The van der Waals surface area contributed by atoms with Crippen molar-refractivity contribution in [1.82, 2.24) is 4.98 Å². The molecule has 2 aromatic carbocycles. The van der Waals surface area contributed by atoms with Gasteiger partial charge in [-0.3, -0.25) is 4.79 Å². The van der Waals surface area contributed by atoms with E-state index in [1.54, 1.807) is 29.3 Å². The second-order valence-corrected chi connectivity index (χ2v) is 6.87. The van der Waals surface area contributed by atoms with Crippen LogP contribution in [0.1, 0.15) is 24.3 Å². The number of amides is 1. The lowest BCUT2D eigenvalue weighted by Gasteiger charge is -2.24. The predicted octanol–water partition coefficient (Wildman–Crippen LogP) is 4.55. The molecule has 0 unspecified atom stereocenters. The van der Waals surface area contributed by atoms with Crippen LogP contribution in [0.15, 0.2) is 60.0 Å². The monoisotopic (exact) mass is 398 g/mol. The fourth-order valence-electron chi connectivity index (χ4n) is 2.66. The van der Waals surface area contributed by atoms with Crippen molar-refractivity contribution >= 4 is 28.9 Å². The molecule has 0 bridgehead atoms. The largest absolute Gasteiger partial charge is 0.448 e. The molecule has 7 heteroatoms. The van der Waals surface area contributed by atoms with Crippen LogP contribution in [-0.4, -0.2) is 29.5 Å². The van der Waals surface area contributed by atoms with Crippen LogP contribution in [0.3, 0.4) is 0 Å². The number of hydrogen-bond donors (Lipinski definition) is 0. The van der Waals surface area contributed by atoms with Gasteiger partial charge in [-0.25, -0.2) is 14.2 Å². The van der Waals surface area contributed by atoms with Crippen LogP contribution in [0.4, 0.5) is 10.1 Å². The molecule has 1 aromatic heterocycles. The molecule has 0 aliphatic heterocycles. The van der Waals surface area contributed by atoms with E-state index in [0.29, 0.717) is 17.1 Å². The topological polar surface area (TPSA) is 59.5 Å². The third kappa shape index (κ3) is 4.43. The smallest absolute Gasteiger partial charge is 0.358 e. The van der Waals surface area contributed by atoms with Crippen molar-refractivity contribution in [1.29, 1.82) is 0 Å². The predicted molar refractivity (Wildman–Crippen MR) is 107 cm³/mol. The van der Waals surface area contributed by atoms with E-state index in [9.17, 15) is 14.0 Å². The minimum Gasteiger partial charge on any atom is -0.448 e. The number of halogens is 1. The number of thiazole rings is 1.